The van der Waals surface area contributed by atoms with Crippen LogP contribution in [0.2, 0.25) is 0 Å². The number of hydrogen-bond donors (Lipinski definition) is 1. The van der Waals surface area contributed by atoms with E-state index in [1.54, 1.807) is 0 Å². The summed E-state index contributed by atoms with van der Waals surface area (Å²) in [7, 11) is 0. The number of nitrogens with zero attached hydrogens (tertiary/aromatic N) is 2. The van der Waals surface area contributed by atoms with Crippen LogP contribution in [0.3, 0.4) is 0 Å². The Hall–Kier alpha value is -1.55. The Kier molecular flexibility index (Phi) is 6.35. The molecule has 25 heavy (non-hydrogen) atoms. The molecule has 1 unspecified atom stereocenters. The van der Waals surface area contributed by atoms with E-state index in [0.717, 1.165) is 44.6 Å². The summed E-state index contributed by atoms with van der Waals surface area (Å²) >= 11 is 0. The predicted octanol–water partition coefficient (Wildman–Crippen LogP) is 3.21. The fourth-order valence-corrected chi connectivity index (χ4v) is 3.90. The number of rotatable bonds is 6. The van der Waals surface area contributed by atoms with Gasteiger partial charge in [-0.15, -0.1) is 0 Å². The minimum atomic E-state index is 0.280. The van der Waals surface area contributed by atoms with Crippen molar-refractivity contribution in [2.24, 2.45) is 0 Å². The summed E-state index contributed by atoms with van der Waals surface area (Å²) < 4.78 is 0. The van der Waals surface area contributed by atoms with Crippen molar-refractivity contribution in [2.45, 2.75) is 64.5 Å². The van der Waals surface area contributed by atoms with Crippen molar-refractivity contribution in [3.05, 3.63) is 29.8 Å². The van der Waals surface area contributed by atoms with Crippen molar-refractivity contribution >= 4 is 11.6 Å². The summed E-state index contributed by atoms with van der Waals surface area (Å²) in [6.45, 7) is 8.62. The highest BCUT2D eigenvalue weighted by molar-refractivity contribution is 5.79. The number of hydrogen-bond acceptors (Lipinski definition) is 3. The molecule has 2 saturated heterocycles. The first-order chi connectivity index (χ1) is 12.2. The van der Waals surface area contributed by atoms with Crippen LogP contribution in [-0.2, 0) is 11.2 Å². The molecule has 1 amide bonds. The first-order valence-corrected chi connectivity index (χ1v) is 10.0. The van der Waals surface area contributed by atoms with E-state index in [2.05, 4.69) is 48.3 Å². The van der Waals surface area contributed by atoms with Crippen LogP contribution in [0.4, 0.5) is 5.69 Å². The second-order valence-corrected chi connectivity index (χ2v) is 7.67. The lowest BCUT2D eigenvalue weighted by atomic mass is 10.0. The van der Waals surface area contributed by atoms with E-state index in [4.69, 9.17) is 0 Å². The highest BCUT2D eigenvalue weighted by Gasteiger charge is 2.21. The summed E-state index contributed by atoms with van der Waals surface area (Å²) in [5.41, 5.74) is 2.42. The van der Waals surface area contributed by atoms with Crippen molar-refractivity contribution in [3.8, 4) is 0 Å². The number of carbonyl (C=O) groups excluding carboxylic acids is 1. The molecule has 1 aromatic rings. The fourth-order valence-electron chi connectivity index (χ4n) is 3.90. The van der Waals surface area contributed by atoms with Gasteiger partial charge in [-0.05, 0) is 56.7 Å². The van der Waals surface area contributed by atoms with Gasteiger partial charge < -0.3 is 15.1 Å². The second-order valence-electron chi connectivity index (χ2n) is 7.67. The average Bonchev–Trinajstić information content (AvgIpc) is 3.18. The maximum atomic E-state index is 12.3. The van der Waals surface area contributed by atoms with Crippen LogP contribution in [0, 0.1) is 0 Å². The molecule has 4 heteroatoms. The third-order valence-corrected chi connectivity index (χ3v) is 5.74. The highest BCUT2D eigenvalue weighted by Crippen LogP contribution is 2.21. The minimum Gasteiger partial charge on any atom is -0.371 e. The van der Waals surface area contributed by atoms with E-state index < -0.39 is 0 Å². The van der Waals surface area contributed by atoms with E-state index in [9.17, 15) is 4.79 Å². The SMILES string of the molecule is CCC(C)NC1CCN(c2ccc(CC(=O)N3CCCC3)cc2)CC1. The molecule has 0 radical (unpaired) electrons. The van der Waals surface area contributed by atoms with Crippen LogP contribution in [0.25, 0.3) is 0 Å². The number of likely N-dealkylation sites (tertiary alicyclic amines) is 1. The summed E-state index contributed by atoms with van der Waals surface area (Å²) in [4.78, 5) is 16.7. The summed E-state index contributed by atoms with van der Waals surface area (Å²) in [5, 5.41) is 3.73. The zero-order valence-corrected chi connectivity index (χ0v) is 15.8. The molecule has 0 spiro atoms. The molecular weight excluding hydrogens is 310 g/mol. The number of anilines is 1. The third kappa shape index (κ3) is 4.97. The Morgan fingerprint density at radius 2 is 1.76 bits per heavy atom. The molecule has 1 atom stereocenters. The monoisotopic (exact) mass is 343 g/mol. The lowest BCUT2D eigenvalue weighted by molar-refractivity contribution is -0.129. The van der Waals surface area contributed by atoms with Crippen LogP contribution in [0.1, 0.15) is 51.5 Å². The number of benzene rings is 1. The molecule has 2 aliphatic heterocycles. The normalized spacial score (nSPS) is 20.1. The molecule has 2 fully saturated rings. The van der Waals surface area contributed by atoms with Gasteiger partial charge in [-0.2, -0.15) is 0 Å². The van der Waals surface area contributed by atoms with E-state index in [1.807, 2.05) is 4.90 Å². The smallest absolute Gasteiger partial charge is 0.226 e. The first-order valence-electron chi connectivity index (χ1n) is 10.0. The first kappa shape index (κ1) is 18.2. The molecular formula is C21H33N3O. The van der Waals surface area contributed by atoms with Gasteiger partial charge in [0.05, 0.1) is 6.42 Å². The maximum Gasteiger partial charge on any atom is 0.226 e. The number of nitrogens with one attached hydrogen (secondary N) is 1. The average molecular weight is 344 g/mol. The van der Waals surface area contributed by atoms with Crippen molar-refractivity contribution in [1.82, 2.24) is 10.2 Å². The van der Waals surface area contributed by atoms with Gasteiger partial charge in [-0.1, -0.05) is 19.1 Å². The van der Waals surface area contributed by atoms with Gasteiger partial charge in [0.25, 0.3) is 0 Å². The van der Waals surface area contributed by atoms with E-state index in [0.29, 0.717) is 18.5 Å². The van der Waals surface area contributed by atoms with Crippen molar-refractivity contribution in [2.75, 3.05) is 31.1 Å². The van der Waals surface area contributed by atoms with Gasteiger partial charge >= 0.3 is 0 Å². The molecule has 1 N–H and O–H groups in total. The second kappa shape index (κ2) is 8.70. The third-order valence-electron chi connectivity index (χ3n) is 5.74. The molecule has 2 aliphatic rings. The summed E-state index contributed by atoms with van der Waals surface area (Å²) in [6.07, 6.45) is 6.47. The van der Waals surface area contributed by atoms with Crippen molar-refractivity contribution in [1.29, 1.82) is 0 Å². The zero-order valence-electron chi connectivity index (χ0n) is 15.8. The molecule has 4 nitrogen and oxygen atoms in total. The Balaban J connectivity index is 1.48. The van der Waals surface area contributed by atoms with Gasteiger partial charge in [0, 0.05) is 44.0 Å². The zero-order chi connectivity index (χ0) is 17.6. The number of carbonyl (C=O) groups is 1. The lowest BCUT2D eigenvalue weighted by Gasteiger charge is -2.35. The largest absolute Gasteiger partial charge is 0.371 e. The van der Waals surface area contributed by atoms with Gasteiger partial charge in [-0.25, -0.2) is 0 Å². The molecule has 0 aromatic heterocycles. The quantitative estimate of drug-likeness (QED) is 0.861. The fraction of sp³-hybridized carbons (Fsp3) is 0.667. The van der Waals surface area contributed by atoms with Crippen LogP contribution in [0.15, 0.2) is 24.3 Å². The molecule has 2 heterocycles. The Morgan fingerprint density at radius 3 is 2.36 bits per heavy atom. The molecule has 0 bridgehead atoms. The number of piperidine rings is 1. The Morgan fingerprint density at radius 1 is 1.12 bits per heavy atom. The van der Waals surface area contributed by atoms with Crippen LogP contribution in [0.5, 0.6) is 0 Å². The molecule has 0 aliphatic carbocycles. The Labute approximate surface area is 152 Å². The maximum absolute atomic E-state index is 12.3. The van der Waals surface area contributed by atoms with E-state index in [-0.39, 0.29) is 5.91 Å². The standard InChI is InChI=1S/C21H33N3O/c1-3-17(2)22-19-10-14-23(15-11-19)20-8-6-18(7-9-20)16-21(25)24-12-4-5-13-24/h6-9,17,19,22H,3-5,10-16H2,1-2H3. The molecule has 1 aromatic carbocycles. The molecule has 0 saturated carbocycles. The van der Waals surface area contributed by atoms with Gasteiger partial charge in [0.15, 0.2) is 0 Å². The van der Waals surface area contributed by atoms with Crippen molar-refractivity contribution in [3.63, 3.8) is 0 Å². The van der Waals surface area contributed by atoms with Crippen LogP contribution >= 0.6 is 0 Å². The van der Waals surface area contributed by atoms with Crippen molar-refractivity contribution < 1.29 is 4.79 Å². The van der Waals surface area contributed by atoms with E-state index in [1.165, 1.54) is 24.9 Å². The lowest BCUT2D eigenvalue weighted by Crippen LogP contribution is -2.45. The van der Waals surface area contributed by atoms with Gasteiger partial charge in [0.2, 0.25) is 5.91 Å². The minimum absolute atomic E-state index is 0.280. The van der Waals surface area contributed by atoms with Crippen LogP contribution in [-0.4, -0.2) is 49.1 Å². The summed E-state index contributed by atoms with van der Waals surface area (Å²) in [5.74, 6) is 0.280. The number of amides is 1. The predicted molar refractivity (Wildman–Crippen MR) is 104 cm³/mol. The Bertz CT molecular complexity index is 543. The molecule has 138 valence electrons. The highest BCUT2D eigenvalue weighted by atomic mass is 16.2. The van der Waals surface area contributed by atoms with Crippen LogP contribution < -0.4 is 10.2 Å². The van der Waals surface area contributed by atoms with Gasteiger partial charge in [-0.3, -0.25) is 4.79 Å². The van der Waals surface area contributed by atoms with E-state index >= 15 is 0 Å². The topological polar surface area (TPSA) is 35.6 Å². The van der Waals surface area contributed by atoms with Gasteiger partial charge in [0.1, 0.15) is 0 Å². The summed E-state index contributed by atoms with van der Waals surface area (Å²) in [6, 6.07) is 9.91. The molecule has 3 rings (SSSR count).